The first-order valence-electron chi connectivity index (χ1n) is 11.3. The molecule has 3 heterocycles. The van der Waals surface area contributed by atoms with E-state index in [-0.39, 0.29) is 23.9 Å². The van der Waals surface area contributed by atoms with Crippen LogP contribution in [0.25, 0.3) is 0 Å². The Morgan fingerprint density at radius 2 is 1.93 bits per heavy atom. The molecule has 0 amide bonds. The van der Waals surface area contributed by atoms with Gasteiger partial charge in [0.15, 0.2) is 11.5 Å². The van der Waals surface area contributed by atoms with Crippen LogP contribution < -0.4 is 9.47 Å². The molecule has 1 spiro atoms. The molecule has 5 rings (SSSR count). The van der Waals surface area contributed by atoms with Crippen LogP contribution in [-0.4, -0.2) is 67.3 Å². The van der Waals surface area contributed by atoms with Gasteiger partial charge in [-0.25, -0.2) is 0 Å². The fourth-order valence-corrected chi connectivity index (χ4v) is 5.61. The molecular weight excluding hydrogens is 382 g/mol. The van der Waals surface area contributed by atoms with Crippen molar-refractivity contribution in [3.05, 3.63) is 23.3 Å². The fraction of sp³-hybridized carbons (Fsp3) is 0.750. The van der Waals surface area contributed by atoms with Gasteiger partial charge in [-0.1, -0.05) is 0 Å². The molecule has 1 aliphatic carbocycles. The number of nitrogens with zero attached hydrogens (tertiary/aromatic N) is 1. The monoisotopic (exact) mass is 417 g/mol. The van der Waals surface area contributed by atoms with Gasteiger partial charge in [0.1, 0.15) is 6.10 Å². The second kappa shape index (κ2) is 7.37. The molecule has 6 nitrogen and oxygen atoms in total. The predicted molar refractivity (Wildman–Crippen MR) is 113 cm³/mol. The molecule has 2 saturated heterocycles. The molecule has 0 radical (unpaired) electrons. The first-order chi connectivity index (χ1) is 14.3. The van der Waals surface area contributed by atoms with Crippen molar-refractivity contribution in [3.63, 3.8) is 0 Å². The summed E-state index contributed by atoms with van der Waals surface area (Å²) in [5, 5.41) is 10.8. The van der Waals surface area contributed by atoms with E-state index in [2.05, 4.69) is 17.0 Å². The molecule has 1 saturated carbocycles. The summed E-state index contributed by atoms with van der Waals surface area (Å²) in [6.45, 7) is 9.64. The Morgan fingerprint density at radius 1 is 1.17 bits per heavy atom. The Balaban J connectivity index is 1.32. The standard InChI is InChI=1S/C24H35NO5/c1-23(2,3)30-22-12-25-6-5-15-7-21(29-16-10-24(11-16)13-28-14-24)20(27-4)8-17(15)18(25)9-19(22)26/h7-8,16,18-19,22,26H,5-6,9-14H2,1-4H3. The van der Waals surface area contributed by atoms with E-state index in [1.807, 2.05) is 20.8 Å². The maximum Gasteiger partial charge on any atom is 0.161 e. The minimum atomic E-state index is -0.464. The summed E-state index contributed by atoms with van der Waals surface area (Å²) in [5.74, 6) is 1.65. The molecular formula is C24H35NO5. The minimum absolute atomic E-state index is 0.145. The molecule has 166 valence electrons. The second-order valence-corrected chi connectivity index (χ2v) is 10.7. The number of rotatable bonds is 4. The zero-order chi connectivity index (χ0) is 21.1. The first kappa shape index (κ1) is 20.6. The Morgan fingerprint density at radius 3 is 2.57 bits per heavy atom. The van der Waals surface area contributed by atoms with Gasteiger partial charge in [-0.2, -0.15) is 0 Å². The lowest BCUT2D eigenvalue weighted by Crippen LogP contribution is -2.56. The van der Waals surface area contributed by atoms with E-state index in [1.54, 1.807) is 7.11 Å². The van der Waals surface area contributed by atoms with E-state index >= 15 is 0 Å². The highest BCUT2D eigenvalue weighted by molar-refractivity contribution is 5.50. The van der Waals surface area contributed by atoms with Crippen molar-refractivity contribution < 1.29 is 24.1 Å². The molecule has 0 aromatic heterocycles. The molecule has 6 heteroatoms. The summed E-state index contributed by atoms with van der Waals surface area (Å²) in [7, 11) is 1.71. The van der Waals surface area contributed by atoms with Gasteiger partial charge < -0.3 is 24.1 Å². The van der Waals surface area contributed by atoms with E-state index in [0.29, 0.717) is 11.8 Å². The highest BCUT2D eigenvalue weighted by Gasteiger charge is 2.51. The van der Waals surface area contributed by atoms with Crippen LogP contribution in [-0.2, 0) is 15.9 Å². The van der Waals surface area contributed by atoms with E-state index < -0.39 is 6.10 Å². The van der Waals surface area contributed by atoms with Gasteiger partial charge in [0, 0.05) is 24.5 Å². The number of hydrogen-bond donors (Lipinski definition) is 1. The van der Waals surface area contributed by atoms with Crippen LogP contribution in [0.15, 0.2) is 12.1 Å². The van der Waals surface area contributed by atoms with Gasteiger partial charge in [0.05, 0.1) is 38.1 Å². The average molecular weight is 418 g/mol. The van der Waals surface area contributed by atoms with Crippen LogP contribution in [0.3, 0.4) is 0 Å². The highest BCUT2D eigenvalue weighted by Crippen LogP contribution is 2.50. The third-order valence-electron chi connectivity index (χ3n) is 7.14. The number of piperidine rings is 1. The van der Waals surface area contributed by atoms with Crippen molar-refractivity contribution in [2.24, 2.45) is 5.41 Å². The number of benzene rings is 1. The Hall–Kier alpha value is -1.34. The number of fused-ring (bicyclic) bond motifs is 3. The van der Waals surface area contributed by atoms with Crippen molar-refractivity contribution in [1.82, 2.24) is 4.90 Å². The summed E-state index contributed by atoms with van der Waals surface area (Å²) in [4.78, 5) is 2.46. The average Bonchev–Trinajstić information content (AvgIpc) is 2.61. The summed E-state index contributed by atoms with van der Waals surface area (Å²) < 4.78 is 23.6. The van der Waals surface area contributed by atoms with Crippen LogP contribution in [0.4, 0.5) is 0 Å². The number of aliphatic hydroxyl groups excluding tert-OH is 1. The van der Waals surface area contributed by atoms with Crippen molar-refractivity contribution in [2.75, 3.05) is 33.4 Å². The Bertz CT molecular complexity index is 792. The third-order valence-corrected chi connectivity index (χ3v) is 7.14. The van der Waals surface area contributed by atoms with Crippen molar-refractivity contribution in [1.29, 1.82) is 0 Å². The van der Waals surface area contributed by atoms with Gasteiger partial charge in [0.2, 0.25) is 0 Å². The number of ether oxygens (including phenoxy) is 4. The summed E-state index contributed by atoms with van der Waals surface area (Å²) in [6, 6.07) is 4.52. The lowest BCUT2D eigenvalue weighted by molar-refractivity contribution is -0.191. The van der Waals surface area contributed by atoms with Gasteiger partial charge in [0.25, 0.3) is 0 Å². The summed E-state index contributed by atoms with van der Waals surface area (Å²) >= 11 is 0. The van der Waals surface area contributed by atoms with Crippen molar-refractivity contribution in [3.8, 4) is 11.5 Å². The number of hydrogen-bond acceptors (Lipinski definition) is 6. The molecule has 3 unspecified atom stereocenters. The van der Waals surface area contributed by atoms with Gasteiger partial charge in [-0.05, 0) is 69.7 Å². The molecule has 30 heavy (non-hydrogen) atoms. The zero-order valence-corrected chi connectivity index (χ0v) is 18.6. The largest absolute Gasteiger partial charge is 0.493 e. The SMILES string of the molecule is COc1cc2c(cc1OC1CC3(COC3)C1)CCN1CC(OC(C)(C)C)C(O)CC21. The van der Waals surface area contributed by atoms with Gasteiger partial charge >= 0.3 is 0 Å². The van der Waals surface area contributed by atoms with E-state index in [9.17, 15) is 5.11 Å². The van der Waals surface area contributed by atoms with E-state index in [1.165, 1.54) is 11.1 Å². The molecule has 0 bridgehead atoms. The zero-order valence-electron chi connectivity index (χ0n) is 18.6. The Labute approximate surface area is 179 Å². The smallest absolute Gasteiger partial charge is 0.161 e. The molecule has 1 aromatic rings. The molecule has 1 N–H and O–H groups in total. The molecule has 3 aliphatic heterocycles. The van der Waals surface area contributed by atoms with Crippen LogP contribution in [0.5, 0.6) is 11.5 Å². The van der Waals surface area contributed by atoms with Crippen LogP contribution in [0.2, 0.25) is 0 Å². The molecule has 1 aromatic carbocycles. The van der Waals surface area contributed by atoms with E-state index in [0.717, 1.165) is 57.1 Å². The van der Waals surface area contributed by atoms with Crippen LogP contribution >= 0.6 is 0 Å². The third kappa shape index (κ3) is 3.72. The van der Waals surface area contributed by atoms with E-state index in [4.69, 9.17) is 18.9 Å². The van der Waals surface area contributed by atoms with Gasteiger partial charge in [-0.15, -0.1) is 0 Å². The number of aliphatic hydroxyl groups is 1. The topological polar surface area (TPSA) is 60.4 Å². The van der Waals surface area contributed by atoms with Gasteiger partial charge in [-0.3, -0.25) is 4.90 Å². The minimum Gasteiger partial charge on any atom is -0.493 e. The summed E-state index contributed by atoms with van der Waals surface area (Å²) in [6.07, 6.45) is 3.46. The maximum absolute atomic E-state index is 10.8. The second-order valence-electron chi connectivity index (χ2n) is 10.7. The quantitative estimate of drug-likeness (QED) is 0.812. The predicted octanol–water partition coefficient (Wildman–Crippen LogP) is 3.10. The lowest BCUT2D eigenvalue weighted by Gasteiger charge is -2.52. The molecule has 3 fully saturated rings. The lowest BCUT2D eigenvalue weighted by atomic mass is 9.65. The van der Waals surface area contributed by atoms with Crippen LogP contribution in [0.1, 0.15) is 57.2 Å². The molecule has 4 aliphatic rings. The summed E-state index contributed by atoms with van der Waals surface area (Å²) in [5.41, 5.74) is 2.70. The number of methoxy groups -OCH3 is 1. The maximum atomic E-state index is 10.8. The Kier molecular flexibility index (Phi) is 5.05. The normalized spacial score (nSPS) is 30.8. The van der Waals surface area contributed by atoms with Crippen LogP contribution in [0, 0.1) is 5.41 Å². The molecule has 3 atom stereocenters. The van der Waals surface area contributed by atoms with Crippen molar-refractivity contribution >= 4 is 0 Å². The first-order valence-corrected chi connectivity index (χ1v) is 11.3. The van der Waals surface area contributed by atoms with Crippen molar-refractivity contribution in [2.45, 2.75) is 76.4 Å². The highest BCUT2D eigenvalue weighted by atomic mass is 16.5. The fourth-order valence-electron chi connectivity index (χ4n) is 5.61.